The predicted molar refractivity (Wildman–Crippen MR) is 96.5 cm³/mol. The Morgan fingerprint density at radius 1 is 1.27 bits per heavy atom. The molecule has 1 aliphatic rings. The minimum absolute atomic E-state index is 0.0556. The smallest absolute Gasteiger partial charge is 0.247 e. The zero-order valence-electron chi connectivity index (χ0n) is 15.0. The number of halogens is 1. The second-order valence-electron chi connectivity index (χ2n) is 6.85. The van der Waals surface area contributed by atoms with Crippen molar-refractivity contribution >= 4 is 23.4 Å². The van der Waals surface area contributed by atoms with Crippen molar-refractivity contribution in [3.63, 3.8) is 0 Å². The normalized spacial score (nSPS) is 16.8. The number of hydrogen-bond donors (Lipinski definition) is 0. The van der Waals surface area contributed by atoms with Crippen LogP contribution in [0.15, 0.2) is 28.8 Å². The van der Waals surface area contributed by atoms with E-state index in [2.05, 4.69) is 10.1 Å². The van der Waals surface area contributed by atoms with E-state index in [9.17, 15) is 9.59 Å². The highest BCUT2D eigenvalue weighted by Gasteiger charge is 2.42. The molecule has 26 heavy (non-hydrogen) atoms. The van der Waals surface area contributed by atoms with Crippen molar-refractivity contribution in [1.29, 1.82) is 0 Å². The van der Waals surface area contributed by atoms with Crippen molar-refractivity contribution < 1.29 is 14.1 Å². The Morgan fingerprint density at radius 2 is 1.96 bits per heavy atom. The Bertz CT molecular complexity index is 816. The van der Waals surface area contributed by atoms with Crippen LogP contribution in [0, 0.1) is 0 Å². The molecule has 1 aromatic heterocycles. The van der Waals surface area contributed by atoms with Gasteiger partial charge in [0.1, 0.15) is 5.54 Å². The fourth-order valence-electron chi connectivity index (χ4n) is 3.07. The zero-order chi connectivity index (χ0) is 18.9. The van der Waals surface area contributed by atoms with Crippen molar-refractivity contribution in [1.82, 2.24) is 19.9 Å². The SMILES string of the molecule is CN1CCN(C(=O)CCc2nc(-c3ccc(Cl)cc3)no2)C(C)(C)C1=O. The van der Waals surface area contributed by atoms with Crippen molar-refractivity contribution in [3.8, 4) is 11.4 Å². The molecule has 0 radical (unpaired) electrons. The Kier molecular flexibility index (Phi) is 5.00. The first-order chi connectivity index (χ1) is 12.3. The topological polar surface area (TPSA) is 79.5 Å². The number of nitrogens with zero attached hydrogens (tertiary/aromatic N) is 4. The molecule has 2 aromatic rings. The predicted octanol–water partition coefficient (Wildman–Crippen LogP) is 2.40. The van der Waals surface area contributed by atoms with Crippen LogP contribution in [0.3, 0.4) is 0 Å². The number of benzene rings is 1. The molecule has 0 aliphatic carbocycles. The van der Waals surface area contributed by atoms with Gasteiger partial charge in [0.05, 0.1) is 0 Å². The van der Waals surface area contributed by atoms with E-state index in [0.717, 1.165) is 5.56 Å². The van der Waals surface area contributed by atoms with Gasteiger partial charge in [-0.25, -0.2) is 0 Å². The number of carbonyl (C=O) groups excluding carboxylic acids is 2. The van der Waals surface area contributed by atoms with Crippen LogP contribution in [-0.4, -0.2) is 57.4 Å². The molecule has 1 fully saturated rings. The van der Waals surface area contributed by atoms with Gasteiger partial charge in [-0.3, -0.25) is 9.59 Å². The number of piperazine rings is 1. The summed E-state index contributed by atoms with van der Waals surface area (Å²) in [5.41, 5.74) is -0.0468. The molecule has 138 valence electrons. The van der Waals surface area contributed by atoms with Crippen LogP contribution < -0.4 is 0 Å². The molecule has 7 nitrogen and oxygen atoms in total. The first-order valence-corrected chi connectivity index (χ1v) is 8.81. The third-order valence-corrected chi connectivity index (χ3v) is 4.88. The Morgan fingerprint density at radius 3 is 2.65 bits per heavy atom. The first kappa shape index (κ1) is 18.4. The summed E-state index contributed by atoms with van der Waals surface area (Å²) in [6.45, 7) is 4.60. The van der Waals surface area contributed by atoms with E-state index in [-0.39, 0.29) is 18.2 Å². The summed E-state index contributed by atoms with van der Waals surface area (Å²) in [6, 6.07) is 7.12. The number of hydrogen-bond acceptors (Lipinski definition) is 5. The Balaban J connectivity index is 1.63. The maximum absolute atomic E-state index is 12.6. The number of carbonyl (C=O) groups is 2. The zero-order valence-corrected chi connectivity index (χ0v) is 15.8. The van der Waals surface area contributed by atoms with Crippen molar-refractivity contribution in [2.24, 2.45) is 0 Å². The van der Waals surface area contributed by atoms with Gasteiger partial charge >= 0.3 is 0 Å². The number of rotatable bonds is 4. The van der Waals surface area contributed by atoms with Crippen molar-refractivity contribution in [2.45, 2.75) is 32.2 Å². The maximum Gasteiger partial charge on any atom is 0.247 e. The highest BCUT2D eigenvalue weighted by Crippen LogP contribution is 2.23. The fraction of sp³-hybridized carbons (Fsp3) is 0.444. The van der Waals surface area contributed by atoms with Gasteiger partial charge in [0.15, 0.2) is 0 Å². The lowest BCUT2D eigenvalue weighted by Crippen LogP contribution is -2.63. The average molecular weight is 377 g/mol. The summed E-state index contributed by atoms with van der Waals surface area (Å²) in [7, 11) is 1.75. The number of aryl methyl sites for hydroxylation is 1. The summed E-state index contributed by atoms with van der Waals surface area (Å²) in [4.78, 5) is 32.5. The standard InChI is InChI=1S/C18H21ClN4O3/c1-18(2)17(25)22(3)10-11-23(18)15(24)9-8-14-20-16(21-26-14)12-4-6-13(19)7-5-12/h4-7H,8-11H2,1-3H3. The van der Waals surface area contributed by atoms with Gasteiger partial charge in [0, 0.05) is 43.6 Å². The van der Waals surface area contributed by atoms with E-state index in [1.54, 1.807) is 55.0 Å². The van der Waals surface area contributed by atoms with Crippen LogP contribution in [-0.2, 0) is 16.0 Å². The minimum atomic E-state index is -0.840. The van der Waals surface area contributed by atoms with Crippen molar-refractivity contribution in [2.75, 3.05) is 20.1 Å². The lowest BCUT2D eigenvalue weighted by molar-refractivity contribution is -0.157. The van der Waals surface area contributed by atoms with Crippen LogP contribution in [0.2, 0.25) is 5.02 Å². The van der Waals surface area contributed by atoms with Crippen molar-refractivity contribution in [3.05, 3.63) is 35.2 Å². The number of amides is 2. The maximum atomic E-state index is 12.6. The van der Waals surface area contributed by atoms with E-state index in [4.69, 9.17) is 16.1 Å². The first-order valence-electron chi connectivity index (χ1n) is 8.43. The largest absolute Gasteiger partial charge is 0.342 e. The average Bonchev–Trinajstić information content (AvgIpc) is 3.07. The summed E-state index contributed by atoms with van der Waals surface area (Å²) in [5, 5.41) is 4.57. The molecule has 3 rings (SSSR count). The number of aromatic nitrogens is 2. The lowest BCUT2D eigenvalue weighted by atomic mass is 9.97. The van der Waals surface area contributed by atoms with Crippen LogP contribution in [0.25, 0.3) is 11.4 Å². The van der Waals surface area contributed by atoms with Gasteiger partial charge in [-0.15, -0.1) is 0 Å². The summed E-state index contributed by atoms with van der Waals surface area (Å²) < 4.78 is 5.24. The van der Waals surface area contributed by atoms with E-state index in [0.29, 0.717) is 36.2 Å². The monoisotopic (exact) mass is 376 g/mol. The highest BCUT2D eigenvalue weighted by molar-refractivity contribution is 6.30. The van der Waals surface area contributed by atoms with Gasteiger partial charge in [-0.2, -0.15) is 4.98 Å². The van der Waals surface area contributed by atoms with Crippen LogP contribution >= 0.6 is 11.6 Å². The van der Waals surface area contributed by atoms with E-state index in [1.165, 1.54) is 0 Å². The van der Waals surface area contributed by atoms with Crippen LogP contribution in [0.4, 0.5) is 0 Å². The molecule has 1 aliphatic heterocycles. The molecule has 0 unspecified atom stereocenters. The Labute approximate surface area is 156 Å². The van der Waals surface area contributed by atoms with Gasteiger partial charge < -0.3 is 14.3 Å². The highest BCUT2D eigenvalue weighted by atomic mass is 35.5. The molecule has 0 spiro atoms. The van der Waals surface area contributed by atoms with Crippen LogP contribution in [0.1, 0.15) is 26.2 Å². The molecule has 0 atom stereocenters. The molecule has 2 heterocycles. The molecule has 8 heteroatoms. The molecule has 0 bridgehead atoms. The fourth-order valence-corrected chi connectivity index (χ4v) is 3.20. The molecule has 1 aromatic carbocycles. The minimum Gasteiger partial charge on any atom is -0.342 e. The van der Waals surface area contributed by atoms with Gasteiger partial charge in [0.25, 0.3) is 0 Å². The van der Waals surface area contributed by atoms with E-state index >= 15 is 0 Å². The number of likely N-dealkylation sites (N-methyl/N-ethyl adjacent to an activating group) is 1. The quantitative estimate of drug-likeness (QED) is 0.818. The van der Waals surface area contributed by atoms with E-state index < -0.39 is 5.54 Å². The van der Waals surface area contributed by atoms with Gasteiger partial charge in [-0.1, -0.05) is 16.8 Å². The van der Waals surface area contributed by atoms with Crippen LogP contribution in [0.5, 0.6) is 0 Å². The summed E-state index contributed by atoms with van der Waals surface area (Å²) in [5.74, 6) is 0.698. The molecule has 0 N–H and O–H groups in total. The van der Waals surface area contributed by atoms with Gasteiger partial charge in [-0.05, 0) is 38.1 Å². The molecule has 2 amide bonds. The van der Waals surface area contributed by atoms with E-state index in [1.807, 2.05) is 0 Å². The third kappa shape index (κ3) is 3.58. The Hall–Kier alpha value is -2.41. The third-order valence-electron chi connectivity index (χ3n) is 4.63. The second-order valence-corrected chi connectivity index (χ2v) is 7.29. The summed E-state index contributed by atoms with van der Waals surface area (Å²) >= 11 is 5.87. The lowest BCUT2D eigenvalue weighted by Gasteiger charge is -2.44. The van der Waals surface area contributed by atoms with Gasteiger partial charge in [0.2, 0.25) is 23.5 Å². The molecular formula is C18H21ClN4O3. The summed E-state index contributed by atoms with van der Waals surface area (Å²) in [6.07, 6.45) is 0.540. The molecular weight excluding hydrogens is 356 g/mol. The second kappa shape index (κ2) is 7.07. The molecule has 0 saturated carbocycles. The molecule has 1 saturated heterocycles.